The van der Waals surface area contributed by atoms with Crippen LogP contribution in [-0.2, 0) is 0 Å². The first-order chi connectivity index (χ1) is 13.9. The number of nitrogens with one attached hydrogen (secondary N) is 1. The van der Waals surface area contributed by atoms with Gasteiger partial charge in [0.1, 0.15) is 12.1 Å². The van der Waals surface area contributed by atoms with Crippen molar-refractivity contribution in [1.82, 2.24) is 15.3 Å². The van der Waals surface area contributed by atoms with Crippen molar-refractivity contribution in [3.05, 3.63) is 53.6 Å². The summed E-state index contributed by atoms with van der Waals surface area (Å²) in [5.41, 5.74) is 1.08. The molecule has 150 valence electrons. The van der Waals surface area contributed by atoms with Gasteiger partial charge < -0.3 is 15.2 Å². The van der Waals surface area contributed by atoms with E-state index in [-0.39, 0.29) is 34.2 Å². The van der Waals surface area contributed by atoms with Crippen LogP contribution in [0, 0.1) is 17.3 Å². The summed E-state index contributed by atoms with van der Waals surface area (Å²) in [6, 6.07) is 3.79. The summed E-state index contributed by atoms with van der Waals surface area (Å²) in [5.74, 6) is 4.99. The Bertz CT molecular complexity index is 968. The highest BCUT2D eigenvalue weighted by Gasteiger charge is 2.52. The van der Waals surface area contributed by atoms with Crippen molar-refractivity contribution in [2.45, 2.75) is 44.4 Å². The fourth-order valence-corrected chi connectivity index (χ4v) is 3.73. The summed E-state index contributed by atoms with van der Waals surface area (Å²) in [5, 5.41) is 13.1. The van der Waals surface area contributed by atoms with Crippen molar-refractivity contribution in [3.8, 4) is 17.6 Å². The second-order valence-corrected chi connectivity index (χ2v) is 7.52. The molecule has 1 heterocycles. The molecule has 2 fully saturated rings. The molecule has 0 saturated heterocycles. The zero-order valence-corrected chi connectivity index (χ0v) is 15.4. The largest absolute Gasteiger partial charge is 0.434 e. The summed E-state index contributed by atoms with van der Waals surface area (Å²) in [6.07, 6.45) is 7.38. The summed E-state index contributed by atoms with van der Waals surface area (Å²) in [6.45, 7) is -3.02. The number of aromatic nitrogens is 2. The third kappa shape index (κ3) is 4.51. The van der Waals surface area contributed by atoms with Crippen LogP contribution < -0.4 is 10.1 Å². The first-order valence-corrected chi connectivity index (χ1v) is 9.29. The van der Waals surface area contributed by atoms with E-state index >= 15 is 0 Å². The molecule has 8 heteroatoms. The molecular formula is C21H19F2N3O3. The van der Waals surface area contributed by atoms with Crippen LogP contribution in [0.1, 0.15) is 47.2 Å². The Labute approximate surface area is 166 Å². The van der Waals surface area contributed by atoms with Crippen molar-refractivity contribution >= 4 is 5.91 Å². The number of rotatable bonds is 4. The van der Waals surface area contributed by atoms with Gasteiger partial charge in [-0.1, -0.05) is 11.8 Å². The van der Waals surface area contributed by atoms with E-state index in [0.29, 0.717) is 12.0 Å². The van der Waals surface area contributed by atoms with Gasteiger partial charge in [0.25, 0.3) is 5.91 Å². The highest BCUT2D eigenvalue weighted by molar-refractivity contribution is 5.95. The number of aliphatic hydroxyl groups is 1. The van der Waals surface area contributed by atoms with Gasteiger partial charge in [-0.15, -0.1) is 0 Å². The maximum Gasteiger partial charge on any atom is 0.387 e. The molecule has 2 N–H and O–H groups in total. The van der Waals surface area contributed by atoms with E-state index in [1.807, 2.05) is 0 Å². The molecule has 2 aliphatic rings. The molecule has 1 aromatic heterocycles. The molecule has 1 spiro atoms. The fourth-order valence-electron chi connectivity index (χ4n) is 3.73. The van der Waals surface area contributed by atoms with Gasteiger partial charge in [0.2, 0.25) is 0 Å². The lowest BCUT2D eigenvalue weighted by atomic mass is 10.1. The van der Waals surface area contributed by atoms with Crippen LogP contribution in [-0.4, -0.2) is 39.7 Å². The van der Waals surface area contributed by atoms with Gasteiger partial charge in [-0.2, -0.15) is 8.78 Å². The lowest BCUT2D eigenvalue weighted by Gasteiger charge is -2.17. The Hall–Kier alpha value is -3.05. The number of benzene rings is 1. The maximum atomic E-state index is 12.7. The average Bonchev–Trinajstić information content (AvgIpc) is 3.38. The predicted octanol–water partition coefficient (Wildman–Crippen LogP) is 2.51. The Balaban J connectivity index is 1.56. The number of carbonyl (C=O) groups excluding carboxylic acids is 1. The van der Waals surface area contributed by atoms with Crippen LogP contribution in [0.3, 0.4) is 0 Å². The highest BCUT2D eigenvalue weighted by atomic mass is 19.3. The number of carbonyl (C=O) groups is 1. The minimum absolute atomic E-state index is 0.126. The van der Waals surface area contributed by atoms with Crippen LogP contribution in [0.5, 0.6) is 5.75 Å². The molecule has 4 rings (SSSR count). The number of hydrogen-bond donors (Lipinski definition) is 2. The quantitative estimate of drug-likeness (QED) is 0.772. The standard InChI is InChI=1S/C21H19F2N3O3/c22-20(23)29-18-4-3-15(7-14(18)2-1-13-10-24-12-25-11-13)19(28)26-16-8-21(5-6-21)9-17(16)27/h3-4,7,10-12,16-17,20,27H,5-6,8-9H2,(H,26,28)/t16-,17-/m0/s1. The predicted molar refractivity (Wildman–Crippen MR) is 99.2 cm³/mol. The smallest absolute Gasteiger partial charge is 0.387 e. The zero-order valence-electron chi connectivity index (χ0n) is 15.4. The van der Waals surface area contributed by atoms with Crippen LogP contribution in [0.25, 0.3) is 0 Å². The molecule has 2 aliphatic carbocycles. The van der Waals surface area contributed by atoms with Gasteiger partial charge in [0.05, 0.1) is 23.3 Å². The minimum Gasteiger partial charge on any atom is -0.434 e. The van der Waals surface area contributed by atoms with Gasteiger partial charge in [-0.3, -0.25) is 4.79 Å². The lowest BCUT2D eigenvalue weighted by Crippen LogP contribution is -2.39. The third-order valence-electron chi connectivity index (χ3n) is 5.39. The normalized spacial score (nSPS) is 21.5. The van der Waals surface area contributed by atoms with Gasteiger partial charge in [-0.25, -0.2) is 9.97 Å². The molecule has 1 amide bonds. The first kappa shape index (κ1) is 19.3. The topological polar surface area (TPSA) is 84.3 Å². The summed E-state index contributed by atoms with van der Waals surface area (Å²) >= 11 is 0. The zero-order chi connectivity index (χ0) is 20.4. The van der Waals surface area contributed by atoms with Crippen LogP contribution in [0.15, 0.2) is 36.9 Å². The van der Waals surface area contributed by atoms with Crippen molar-refractivity contribution in [2.24, 2.45) is 5.41 Å². The van der Waals surface area contributed by atoms with Crippen LogP contribution in [0.4, 0.5) is 8.78 Å². The molecule has 2 saturated carbocycles. The number of halogens is 2. The SMILES string of the molecule is O=C(N[C@H]1CC2(CC2)C[C@@H]1O)c1ccc(OC(F)F)c(C#Cc2cncnc2)c1. The van der Waals surface area contributed by atoms with E-state index in [2.05, 4.69) is 31.9 Å². The van der Waals surface area contributed by atoms with Gasteiger partial charge in [-0.05, 0) is 49.3 Å². The van der Waals surface area contributed by atoms with Crippen molar-refractivity contribution in [1.29, 1.82) is 0 Å². The monoisotopic (exact) mass is 399 g/mol. The number of nitrogens with zero attached hydrogens (tertiary/aromatic N) is 2. The molecule has 1 aromatic carbocycles. The van der Waals surface area contributed by atoms with Gasteiger partial charge in [0, 0.05) is 18.0 Å². The lowest BCUT2D eigenvalue weighted by molar-refractivity contribution is -0.0500. The fraction of sp³-hybridized carbons (Fsp3) is 0.381. The van der Waals surface area contributed by atoms with Crippen molar-refractivity contribution < 1.29 is 23.4 Å². The van der Waals surface area contributed by atoms with Gasteiger partial charge in [0.15, 0.2) is 0 Å². The number of aliphatic hydroxyl groups excluding tert-OH is 1. The molecule has 2 aromatic rings. The maximum absolute atomic E-state index is 12.7. The molecule has 29 heavy (non-hydrogen) atoms. The van der Waals surface area contributed by atoms with E-state index in [4.69, 9.17) is 0 Å². The summed E-state index contributed by atoms with van der Waals surface area (Å²) < 4.78 is 30.0. The summed E-state index contributed by atoms with van der Waals surface area (Å²) in [4.78, 5) is 20.3. The average molecular weight is 399 g/mol. The van der Waals surface area contributed by atoms with Gasteiger partial charge >= 0.3 is 6.61 Å². The minimum atomic E-state index is -3.02. The first-order valence-electron chi connectivity index (χ1n) is 9.29. The van der Waals surface area contributed by atoms with E-state index in [1.54, 1.807) is 0 Å². The molecule has 6 nitrogen and oxygen atoms in total. The number of ether oxygens (including phenoxy) is 1. The highest BCUT2D eigenvalue weighted by Crippen LogP contribution is 2.57. The van der Waals surface area contributed by atoms with Crippen LogP contribution in [0.2, 0.25) is 0 Å². The Morgan fingerprint density at radius 1 is 1.24 bits per heavy atom. The van der Waals surface area contributed by atoms with E-state index in [0.717, 1.165) is 19.3 Å². The molecular weight excluding hydrogens is 380 g/mol. The second-order valence-electron chi connectivity index (χ2n) is 7.52. The van der Waals surface area contributed by atoms with E-state index < -0.39 is 12.7 Å². The number of hydrogen-bond acceptors (Lipinski definition) is 5. The van der Waals surface area contributed by atoms with E-state index in [9.17, 15) is 18.7 Å². The Morgan fingerprint density at radius 3 is 2.66 bits per heavy atom. The Morgan fingerprint density at radius 2 is 2.00 bits per heavy atom. The van der Waals surface area contributed by atoms with E-state index in [1.165, 1.54) is 36.9 Å². The molecule has 0 bridgehead atoms. The summed E-state index contributed by atoms with van der Waals surface area (Å²) in [7, 11) is 0. The number of alkyl halides is 2. The third-order valence-corrected chi connectivity index (χ3v) is 5.39. The molecule has 0 aliphatic heterocycles. The molecule has 0 radical (unpaired) electrons. The van der Waals surface area contributed by atoms with Crippen LogP contribution >= 0.6 is 0 Å². The Kier molecular flexibility index (Phi) is 5.16. The second kappa shape index (κ2) is 7.76. The number of amides is 1. The molecule has 2 atom stereocenters. The van der Waals surface area contributed by atoms with Crippen molar-refractivity contribution in [3.63, 3.8) is 0 Å². The van der Waals surface area contributed by atoms with Crippen molar-refractivity contribution in [2.75, 3.05) is 0 Å². The molecule has 0 unspecified atom stereocenters.